The molecule has 2 atom stereocenters. The van der Waals surface area contributed by atoms with E-state index in [0.29, 0.717) is 12.1 Å². The maximum atomic E-state index is 13.2. The number of nitrogens with one attached hydrogen (secondary N) is 1. The molecule has 3 rings (SSSR count). The van der Waals surface area contributed by atoms with Crippen LogP contribution in [0.4, 0.5) is 0 Å². The van der Waals surface area contributed by atoms with Crippen LogP contribution >= 0.6 is 0 Å². The standard InChI is InChI=1S/C21H25N3O2/c1-15-13-18(10-11-22-15)21(26)24-12-6-9-19(23-16(2)25)20(24)14-17-7-4-3-5-8-17/h3-5,7-8,10-11,13,19-20H,6,9,12,14H2,1-2H3,(H,23,25)/t19-,20-/m0/s1. The van der Waals surface area contributed by atoms with E-state index in [9.17, 15) is 9.59 Å². The SMILES string of the molecule is CC(=O)N[C@H]1CCCN(C(=O)c2ccnc(C)c2)[C@H]1Cc1ccccc1. The van der Waals surface area contributed by atoms with Crippen LogP contribution in [0.2, 0.25) is 0 Å². The van der Waals surface area contributed by atoms with Crippen LogP contribution in [0.15, 0.2) is 48.7 Å². The Hall–Kier alpha value is -2.69. The number of hydrogen-bond acceptors (Lipinski definition) is 3. The molecule has 5 heteroatoms. The number of hydrogen-bond donors (Lipinski definition) is 1. The molecular formula is C21H25N3O2. The van der Waals surface area contributed by atoms with Crippen LogP contribution in [0.1, 0.15) is 41.4 Å². The van der Waals surface area contributed by atoms with E-state index in [0.717, 1.165) is 25.0 Å². The molecule has 136 valence electrons. The molecule has 2 heterocycles. The number of piperidine rings is 1. The maximum Gasteiger partial charge on any atom is 0.254 e. The molecule has 1 aromatic heterocycles. The molecule has 1 saturated heterocycles. The van der Waals surface area contributed by atoms with Crippen LogP contribution in [-0.2, 0) is 11.2 Å². The van der Waals surface area contributed by atoms with Gasteiger partial charge in [0, 0.05) is 37.0 Å². The summed E-state index contributed by atoms with van der Waals surface area (Å²) in [6, 6.07) is 13.6. The monoisotopic (exact) mass is 351 g/mol. The number of carbonyl (C=O) groups excluding carboxylic acids is 2. The molecule has 1 aromatic carbocycles. The smallest absolute Gasteiger partial charge is 0.254 e. The summed E-state index contributed by atoms with van der Waals surface area (Å²) in [4.78, 5) is 31.0. The van der Waals surface area contributed by atoms with Crippen LogP contribution in [0.25, 0.3) is 0 Å². The van der Waals surface area contributed by atoms with Crippen LogP contribution < -0.4 is 5.32 Å². The second-order valence-corrected chi connectivity index (χ2v) is 6.89. The summed E-state index contributed by atoms with van der Waals surface area (Å²) < 4.78 is 0. The minimum Gasteiger partial charge on any atom is -0.352 e. The molecule has 0 spiro atoms. The Bertz CT molecular complexity index is 776. The maximum absolute atomic E-state index is 13.2. The Morgan fingerprint density at radius 1 is 1.23 bits per heavy atom. The predicted molar refractivity (Wildman–Crippen MR) is 101 cm³/mol. The van der Waals surface area contributed by atoms with E-state index in [-0.39, 0.29) is 23.9 Å². The Morgan fingerprint density at radius 2 is 2.00 bits per heavy atom. The number of benzene rings is 1. The molecule has 1 N–H and O–H groups in total. The number of likely N-dealkylation sites (tertiary alicyclic amines) is 1. The topological polar surface area (TPSA) is 62.3 Å². The Kier molecular flexibility index (Phi) is 5.66. The molecule has 2 aromatic rings. The van der Waals surface area contributed by atoms with Gasteiger partial charge in [-0.25, -0.2) is 0 Å². The first-order valence-corrected chi connectivity index (χ1v) is 9.09. The van der Waals surface area contributed by atoms with Gasteiger partial charge in [-0.1, -0.05) is 30.3 Å². The van der Waals surface area contributed by atoms with Crippen molar-refractivity contribution in [2.45, 2.75) is 45.2 Å². The first-order chi connectivity index (χ1) is 12.5. The van der Waals surface area contributed by atoms with Gasteiger partial charge in [0.15, 0.2) is 0 Å². The summed E-state index contributed by atoms with van der Waals surface area (Å²) in [5.74, 6) is -0.0476. The number of pyridine rings is 1. The average Bonchev–Trinajstić information content (AvgIpc) is 2.63. The van der Waals surface area contributed by atoms with E-state index in [1.165, 1.54) is 12.5 Å². The average molecular weight is 351 g/mol. The first-order valence-electron chi connectivity index (χ1n) is 9.09. The molecule has 2 amide bonds. The summed E-state index contributed by atoms with van der Waals surface area (Å²) in [5.41, 5.74) is 2.64. The van der Waals surface area contributed by atoms with Crippen molar-refractivity contribution in [3.8, 4) is 0 Å². The first kappa shape index (κ1) is 18.1. The Balaban J connectivity index is 1.89. The molecule has 5 nitrogen and oxygen atoms in total. The molecule has 1 aliphatic heterocycles. The zero-order chi connectivity index (χ0) is 18.5. The number of amides is 2. The highest BCUT2D eigenvalue weighted by atomic mass is 16.2. The molecule has 1 aliphatic rings. The lowest BCUT2D eigenvalue weighted by Crippen LogP contribution is -2.57. The van der Waals surface area contributed by atoms with Gasteiger partial charge in [0.1, 0.15) is 0 Å². The normalized spacial score (nSPS) is 19.8. The van der Waals surface area contributed by atoms with Gasteiger partial charge in [-0.2, -0.15) is 0 Å². The number of nitrogens with zero attached hydrogens (tertiary/aromatic N) is 2. The van der Waals surface area contributed by atoms with Gasteiger partial charge in [-0.05, 0) is 43.9 Å². The molecular weight excluding hydrogens is 326 g/mol. The van der Waals surface area contributed by atoms with Gasteiger partial charge < -0.3 is 10.2 Å². The quantitative estimate of drug-likeness (QED) is 0.921. The van der Waals surface area contributed by atoms with E-state index in [2.05, 4.69) is 22.4 Å². The van der Waals surface area contributed by atoms with Crippen molar-refractivity contribution in [2.24, 2.45) is 0 Å². The fourth-order valence-electron chi connectivity index (χ4n) is 3.69. The fourth-order valence-corrected chi connectivity index (χ4v) is 3.69. The van der Waals surface area contributed by atoms with Gasteiger partial charge in [0.2, 0.25) is 5.91 Å². The minimum atomic E-state index is -0.0592. The summed E-state index contributed by atoms with van der Waals surface area (Å²) in [5, 5.41) is 3.05. The van der Waals surface area contributed by atoms with E-state index in [1.54, 1.807) is 12.3 Å². The van der Waals surface area contributed by atoms with Crippen molar-refractivity contribution in [1.29, 1.82) is 0 Å². The Labute approximate surface area is 154 Å². The van der Waals surface area contributed by atoms with E-state index in [1.807, 2.05) is 36.1 Å². The lowest BCUT2D eigenvalue weighted by Gasteiger charge is -2.42. The van der Waals surface area contributed by atoms with Gasteiger partial charge in [0.05, 0.1) is 6.04 Å². The van der Waals surface area contributed by atoms with Crippen LogP contribution in [-0.4, -0.2) is 40.3 Å². The summed E-state index contributed by atoms with van der Waals surface area (Å²) >= 11 is 0. The molecule has 1 fully saturated rings. The molecule has 0 unspecified atom stereocenters. The van der Waals surface area contributed by atoms with Gasteiger partial charge in [-0.3, -0.25) is 14.6 Å². The molecule has 0 aliphatic carbocycles. The van der Waals surface area contributed by atoms with Crippen molar-refractivity contribution in [1.82, 2.24) is 15.2 Å². The number of rotatable bonds is 4. The molecule has 0 radical (unpaired) electrons. The lowest BCUT2D eigenvalue weighted by molar-refractivity contribution is -0.120. The van der Waals surface area contributed by atoms with E-state index < -0.39 is 0 Å². The van der Waals surface area contributed by atoms with Crippen molar-refractivity contribution < 1.29 is 9.59 Å². The third-order valence-electron chi connectivity index (χ3n) is 4.86. The highest BCUT2D eigenvalue weighted by Gasteiger charge is 2.35. The fraction of sp³-hybridized carbons (Fsp3) is 0.381. The van der Waals surface area contributed by atoms with Crippen molar-refractivity contribution in [2.75, 3.05) is 6.54 Å². The van der Waals surface area contributed by atoms with Crippen molar-refractivity contribution in [3.05, 3.63) is 65.5 Å². The largest absolute Gasteiger partial charge is 0.352 e. The molecule has 26 heavy (non-hydrogen) atoms. The third-order valence-corrected chi connectivity index (χ3v) is 4.86. The van der Waals surface area contributed by atoms with Crippen molar-refractivity contribution >= 4 is 11.8 Å². The summed E-state index contributed by atoms with van der Waals surface area (Å²) in [6.45, 7) is 4.12. The van der Waals surface area contributed by atoms with Gasteiger partial charge >= 0.3 is 0 Å². The lowest BCUT2D eigenvalue weighted by atomic mass is 9.90. The Morgan fingerprint density at radius 3 is 2.69 bits per heavy atom. The molecule has 0 bridgehead atoms. The summed E-state index contributed by atoms with van der Waals surface area (Å²) in [7, 11) is 0. The van der Waals surface area contributed by atoms with Crippen molar-refractivity contribution in [3.63, 3.8) is 0 Å². The van der Waals surface area contributed by atoms with Crippen LogP contribution in [0.5, 0.6) is 0 Å². The highest BCUT2D eigenvalue weighted by Crippen LogP contribution is 2.24. The zero-order valence-electron chi connectivity index (χ0n) is 15.3. The third kappa shape index (κ3) is 4.28. The van der Waals surface area contributed by atoms with E-state index >= 15 is 0 Å². The second kappa shape index (κ2) is 8.13. The number of carbonyl (C=O) groups is 2. The van der Waals surface area contributed by atoms with Gasteiger partial charge in [-0.15, -0.1) is 0 Å². The number of aryl methyl sites for hydroxylation is 1. The highest BCUT2D eigenvalue weighted by molar-refractivity contribution is 5.94. The van der Waals surface area contributed by atoms with Crippen LogP contribution in [0, 0.1) is 6.92 Å². The second-order valence-electron chi connectivity index (χ2n) is 6.89. The minimum absolute atomic E-state index is 0.00600. The molecule has 0 saturated carbocycles. The van der Waals surface area contributed by atoms with E-state index in [4.69, 9.17) is 0 Å². The zero-order valence-corrected chi connectivity index (χ0v) is 15.3. The number of aromatic nitrogens is 1. The predicted octanol–water partition coefficient (Wildman–Crippen LogP) is 2.74. The van der Waals surface area contributed by atoms with Crippen LogP contribution in [0.3, 0.4) is 0 Å². The van der Waals surface area contributed by atoms with Gasteiger partial charge in [0.25, 0.3) is 5.91 Å². The summed E-state index contributed by atoms with van der Waals surface area (Å²) in [6.07, 6.45) is 4.16.